The number of hydrogen-bond donors (Lipinski definition) is 1. The fraction of sp³-hybridized carbons (Fsp3) is 0.167. The van der Waals surface area contributed by atoms with E-state index in [9.17, 15) is 0 Å². The zero-order chi connectivity index (χ0) is 13.2. The molecule has 0 aliphatic rings. The van der Waals surface area contributed by atoms with Crippen molar-refractivity contribution in [3.63, 3.8) is 0 Å². The lowest BCUT2D eigenvalue weighted by Crippen LogP contribution is -1.94. The van der Waals surface area contributed by atoms with Crippen molar-refractivity contribution in [2.24, 2.45) is 0 Å². The molecule has 19 heavy (non-hydrogen) atoms. The molecule has 0 aromatic carbocycles. The van der Waals surface area contributed by atoms with E-state index in [1.807, 2.05) is 12.1 Å². The highest BCUT2D eigenvalue weighted by Gasteiger charge is 2.19. The van der Waals surface area contributed by atoms with Gasteiger partial charge in [0.25, 0.3) is 5.89 Å². The van der Waals surface area contributed by atoms with Gasteiger partial charge in [0, 0.05) is 18.5 Å². The molecule has 0 aliphatic heterocycles. The summed E-state index contributed by atoms with van der Waals surface area (Å²) < 4.78 is 10.5. The second-order valence-electron chi connectivity index (χ2n) is 3.96. The number of thiol groups is 1. The van der Waals surface area contributed by atoms with E-state index in [2.05, 4.69) is 33.0 Å². The standard InChI is InChI=1S/C12H10N4O2S/c1-7-5-9(16-18-7)11-14-15-12(17-11)10(19)8-3-2-4-13-6-8/h2-6,10,19H,1H3. The van der Waals surface area contributed by atoms with E-state index in [-0.39, 0.29) is 5.25 Å². The molecule has 0 radical (unpaired) electrons. The van der Waals surface area contributed by atoms with Crippen LogP contribution in [-0.4, -0.2) is 20.3 Å². The van der Waals surface area contributed by atoms with Gasteiger partial charge in [0.05, 0.1) is 0 Å². The predicted octanol–water partition coefficient (Wildman–Crippen LogP) is 2.45. The minimum absolute atomic E-state index is 0.315. The number of aromatic nitrogens is 4. The van der Waals surface area contributed by atoms with Crippen LogP contribution in [0.25, 0.3) is 11.6 Å². The topological polar surface area (TPSA) is 77.8 Å². The van der Waals surface area contributed by atoms with E-state index in [1.54, 1.807) is 25.4 Å². The Balaban J connectivity index is 1.89. The monoisotopic (exact) mass is 274 g/mol. The smallest absolute Gasteiger partial charge is 0.269 e. The molecular formula is C12H10N4O2S. The summed E-state index contributed by atoms with van der Waals surface area (Å²) in [5.41, 5.74) is 1.40. The molecule has 0 aliphatic carbocycles. The SMILES string of the molecule is Cc1cc(-c2nnc(C(S)c3cccnc3)o2)no1. The zero-order valence-corrected chi connectivity index (χ0v) is 10.9. The molecule has 3 heterocycles. The van der Waals surface area contributed by atoms with Gasteiger partial charge in [-0.2, -0.15) is 12.6 Å². The Bertz CT molecular complexity index is 680. The van der Waals surface area contributed by atoms with Crippen LogP contribution in [0.2, 0.25) is 0 Å². The molecule has 3 aromatic rings. The molecule has 0 saturated heterocycles. The third-order valence-electron chi connectivity index (χ3n) is 2.52. The Morgan fingerprint density at radius 1 is 1.32 bits per heavy atom. The van der Waals surface area contributed by atoms with Crippen molar-refractivity contribution in [1.82, 2.24) is 20.3 Å². The van der Waals surface area contributed by atoms with Crippen LogP contribution < -0.4 is 0 Å². The second kappa shape index (κ2) is 4.85. The van der Waals surface area contributed by atoms with Crippen LogP contribution >= 0.6 is 12.6 Å². The molecule has 0 saturated carbocycles. The number of aryl methyl sites for hydroxylation is 1. The van der Waals surface area contributed by atoms with Gasteiger partial charge in [-0.3, -0.25) is 4.98 Å². The molecular weight excluding hydrogens is 264 g/mol. The molecule has 96 valence electrons. The molecule has 7 heteroatoms. The van der Waals surface area contributed by atoms with Crippen molar-refractivity contribution >= 4 is 12.6 Å². The van der Waals surface area contributed by atoms with Crippen LogP contribution in [-0.2, 0) is 0 Å². The maximum Gasteiger partial charge on any atom is 0.269 e. The first-order chi connectivity index (χ1) is 9.24. The van der Waals surface area contributed by atoms with Gasteiger partial charge in [-0.25, -0.2) is 0 Å². The maximum absolute atomic E-state index is 5.55. The lowest BCUT2D eigenvalue weighted by Gasteiger charge is -2.04. The first kappa shape index (κ1) is 11.9. The summed E-state index contributed by atoms with van der Waals surface area (Å²) in [6, 6.07) is 5.46. The average molecular weight is 274 g/mol. The van der Waals surface area contributed by atoms with Crippen molar-refractivity contribution in [3.8, 4) is 11.6 Å². The Morgan fingerprint density at radius 2 is 2.21 bits per heavy atom. The maximum atomic E-state index is 5.55. The molecule has 0 spiro atoms. The Kier molecular flexibility index (Phi) is 3.04. The van der Waals surface area contributed by atoms with E-state index in [0.717, 1.165) is 5.56 Å². The summed E-state index contributed by atoms with van der Waals surface area (Å²) in [4.78, 5) is 4.03. The highest BCUT2D eigenvalue weighted by Crippen LogP contribution is 2.28. The summed E-state index contributed by atoms with van der Waals surface area (Å²) in [6.07, 6.45) is 3.41. The molecule has 0 fully saturated rings. The van der Waals surface area contributed by atoms with Crippen LogP contribution in [0.3, 0.4) is 0 Å². The van der Waals surface area contributed by atoms with Crippen molar-refractivity contribution in [2.75, 3.05) is 0 Å². The van der Waals surface area contributed by atoms with E-state index in [0.29, 0.717) is 23.2 Å². The normalized spacial score (nSPS) is 12.5. The number of rotatable bonds is 3. The van der Waals surface area contributed by atoms with Crippen LogP contribution in [0.4, 0.5) is 0 Å². The zero-order valence-electron chi connectivity index (χ0n) is 10.0. The third-order valence-corrected chi connectivity index (χ3v) is 3.04. The highest BCUT2D eigenvalue weighted by atomic mass is 32.1. The molecule has 0 bridgehead atoms. The van der Waals surface area contributed by atoms with Crippen molar-refractivity contribution in [2.45, 2.75) is 12.2 Å². The second-order valence-corrected chi connectivity index (χ2v) is 4.47. The van der Waals surface area contributed by atoms with Gasteiger partial charge in [-0.05, 0) is 18.6 Å². The summed E-state index contributed by atoms with van der Waals surface area (Å²) in [6.45, 7) is 1.80. The van der Waals surface area contributed by atoms with Crippen LogP contribution in [0, 0.1) is 6.92 Å². The summed E-state index contributed by atoms with van der Waals surface area (Å²) in [7, 11) is 0. The third kappa shape index (κ3) is 2.37. The average Bonchev–Trinajstić information content (AvgIpc) is 3.07. The van der Waals surface area contributed by atoms with Crippen LogP contribution in [0.5, 0.6) is 0 Å². The summed E-state index contributed by atoms with van der Waals surface area (Å²) in [5, 5.41) is 11.4. The molecule has 0 N–H and O–H groups in total. The fourth-order valence-electron chi connectivity index (χ4n) is 1.60. The fourth-order valence-corrected chi connectivity index (χ4v) is 1.85. The number of nitrogens with zero attached hydrogens (tertiary/aromatic N) is 4. The first-order valence-corrected chi connectivity index (χ1v) is 6.11. The van der Waals surface area contributed by atoms with Crippen LogP contribution in [0.1, 0.15) is 22.5 Å². The molecule has 1 atom stereocenters. The molecule has 3 aromatic heterocycles. The van der Waals surface area contributed by atoms with Crippen molar-refractivity contribution in [1.29, 1.82) is 0 Å². The van der Waals surface area contributed by atoms with E-state index < -0.39 is 0 Å². The molecule has 6 nitrogen and oxygen atoms in total. The molecule has 1 unspecified atom stereocenters. The van der Waals surface area contributed by atoms with Gasteiger partial charge >= 0.3 is 0 Å². The number of pyridine rings is 1. The lowest BCUT2D eigenvalue weighted by atomic mass is 10.2. The van der Waals surface area contributed by atoms with Crippen molar-refractivity contribution in [3.05, 3.63) is 47.8 Å². The lowest BCUT2D eigenvalue weighted by molar-refractivity contribution is 0.396. The largest absolute Gasteiger partial charge is 0.418 e. The van der Waals surface area contributed by atoms with Gasteiger partial charge in [0.15, 0.2) is 5.69 Å². The summed E-state index contributed by atoms with van der Waals surface area (Å²) >= 11 is 4.46. The van der Waals surface area contributed by atoms with E-state index >= 15 is 0 Å². The van der Waals surface area contributed by atoms with E-state index in [4.69, 9.17) is 8.94 Å². The van der Waals surface area contributed by atoms with Gasteiger partial charge in [-0.15, -0.1) is 10.2 Å². The van der Waals surface area contributed by atoms with Gasteiger partial charge < -0.3 is 8.94 Å². The Labute approximate surface area is 114 Å². The minimum Gasteiger partial charge on any atom is -0.418 e. The quantitative estimate of drug-likeness (QED) is 0.739. The summed E-state index contributed by atoms with van der Waals surface area (Å²) in [5.74, 6) is 1.39. The highest BCUT2D eigenvalue weighted by molar-refractivity contribution is 7.80. The first-order valence-electron chi connectivity index (χ1n) is 5.59. The van der Waals surface area contributed by atoms with Gasteiger partial charge in [0.2, 0.25) is 5.89 Å². The van der Waals surface area contributed by atoms with E-state index in [1.165, 1.54) is 0 Å². The van der Waals surface area contributed by atoms with Gasteiger partial charge in [-0.1, -0.05) is 11.2 Å². The Hall–Kier alpha value is -2.15. The molecule has 0 amide bonds. The molecule has 3 rings (SSSR count). The predicted molar refractivity (Wildman–Crippen MR) is 69.6 cm³/mol. The van der Waals surface area contributed by atoms with Crippen molar-refractivity contribution < 1.29 is 8.94 Å². The minimum atomic E-state index is -0.317. The Morgan fingerprint density at radius 3 is 2.89 bits per heavy atom. The van der Waals surface area contributed by atoms with Gasteiger partial charge in [0.1, 0.15) is 11.0 Å². The van der Waals surface area contributed by atoms with Crippen LogP contribution in [0.15, 0.2) is 39.5 Å². The number of hydrogen-bond acceptors (Lipinski definition) is 7.